The highest BCUT2D eigenvalue weighted by Gasteiger charge is 2.13. The number of aryl methyl sites for hydroxylation is 1. The molecule has 0 aromatic heterocycles. The topological polar surface area (TPSA) is 35.2 Å². The SMILES string of the molecule is CCCC(C)Oc1c(C)cc(Br)cc1CC(C)N. The van der Waals surface area contributed by atoms with Crippen molar-refractivity contribution < 1.29 is 4.74 Å². The van der Waals surface area contributed by atoms with Crippen LogP contribution in [0.3, 0.4) is 0 Å². The van der Waals surface area contributed by atoms with Crippen LogP contribution in [0.5, 0.6) is 5.75 Å². The fraction of sp³-hybridized carbons (Fsp3) is 0.600. The molecule has 0 saturated carbocycles. The molecule has 1 aromatic rings. The van der Waals surface area contributed by atoms with Crippen molar-refractivity contribution in [2.75, 3.05) is 0 Å². The molecule has 2 atom stereocenters. The number of hydrogen-bond acceptors (Lipinski definition) is 2. The molecule has 102 valence electrons. The molecule has 2 unspecified atom stereocenters. The Hall–Kier alpha value is -0.540. The zero-order valence-electron chi connectivity index (χ0n) is 11.8. The Bertz CT molecular complexity index is 390. The lowest BCUT2D eigenvalue weighted by atomic mass is 10.0. The normalized spacial score (nSPS) is 14.3. The minimum absolute atomic E-state index is 0.141. The summed E-state index contributed by atoms with van der Waals surface area (Å²) in [4.78, 5) is 0. The molecule has 18 heavy (non-hydrogen) atoms. The van der Waals surface area contributed by atoms with Crippen molar-refractivity contribution in [3.05, 3.63) is 27.7 Å². The van der Waals surface area contributed by atoms with Gasteiger partial charge in [-0.05, 0) is 56.9 Å². The van der Waals surface area contributed by atoms with E-state index in [1.165, 1.54) is 11.1 Å². The average molecular weight is 314 g/mol. The summed E-state index contributed by atoms with van der Waals surface area (Å²) < 4.78 is 7.19. The molecule has 0 spiro atoms. The molecule has 0 bridgehead atoms. The van der Waals surface area contributed by atoms with Gasteiger partial charge >= 0.3 is 0 Å². The molecule has 1 rings (SSSR count). The van der Waals surface area contributed by atoms with Crippen LogP contribution in [-0.4, -0.2) is 12.1 Å². The van der Waals surface area contributed by atoms with Crippen molar-refractivity contribution in [3.63, 3.8) is 0 Å². The number of nitrogens with two attached hydrogens (primary N) is 1. The van der Waals surface area contributed by atoms with E-state index in [1.807, 2.05) is 6.92 Å². The summed E-state index contributed by atoms with van der Waals surface area (Å²) in [5.41, 5.74) is 8.28. The monoisotopic (exact) mass is 313 g/mol. The lowest BCUT2D eigenvalue weighted by molar-refractivity contribution is 0.206. The standard InChI is InChI=1S/C15H24BrNO/c1-5-6-12(4)18-15-10(2)7-14(16)9-13(15)8-11(3)17/h7,9,11-12H,5-6,8,17H2,1-4H3. The van der Waals surface area contributed by atoms with Crippen LogP contribution in [0.2, 0.25) is 0 Å². The summed E-state index contributed by atoms with van der Waals surface area (Å²) in [6.45, 7) is 8.41. The molecule has 0 saturated heterocycles. The van der Waals surface area contributed by atoms with E-state index >= 15 is 0 Å². The molecule has 0 fully saturated rings. The summed E-state index contributed by atoms with van der Waals surface area (Å²) >= 11 is 3.54. The molecule has 0 radical (unpaired) electrons. The Labute approximate surface area is 119 Å². The molecule has 3 heteroatoms. The van der Waals surface area contributed by atoms with Crippen LogP contribution in [0.1, 0.15) is 44.7 Å². The van der Waals surface area contributed by atoms with Crippen LogP contribution in [0.25, 0.3) is 0 Å². The minimum Gasteiger partial charge on any atom is -0.490 e. The van der Waals surface area contributed by atoms with E-state index < -0.39 is 0 Å². The van der Waals surface area contributed by atoms with E-state index in [0.717, 1.165) is 29.5 Å². The van der Waals surface area contributed by atoms with Gasteiger partial charge in [-0.25, -0.2) is 0 Å². The number of rotatable bonds is 6. The maximum Gasteiger partial charge on any atom is 0.125 e. The second kappa shape index (κ2) is 7.15. The molecule has 0 heterocycles. The van der Waals surface area contributed by atoms with Gasteiger partial charge in [0.25, 0.3) is 0 Å². The highest BCUT2D eigenvalue weighted by atomic mass is 79.9. The Morgan fingerprint density at radius 2 is 2.00 bits per heavy atom. The summed E-state index contributed by atoms with van der Waals surface area (Å²) in [6, 6.07) is 4.35. The van der Waals surface area contributed by atoms with E-state index in [-0.39, 0.29) is 12.1 Å². The maximum atomic E-state index is 6.10. The van der Waals surface area contributed by atoms with Gasteiger partial charge < -0.3 is 10.5 Å². The summed E-state index contributed by atoms with van der Waals surface area (Å²) in [5, 5.41) is 0. The van der Waals surface area contributed by atoms with Gasteiger partial charge in [-0.2, -0.15) is 0 Å². The molecule has 2 N–H and O–H groups in total. The molecule has 2 nitrogen and oxygen atoms in total. The Kier molecular flexibility index (Phi) is 6.16. The van der Waals surface area contributed by atoms with Crippen LogP contribution in [0, 0.1) is 6.92 Å². The molecule has 0 aliphatic heterocycles. The average Bonchev–Trinajstić information content (AvgIpc) is 2.22. The first-order valence-electron chi connectivity index (χ1n) is 6.65. The molecule has 0 aliphatic rings. The number of benzene rings is 1. The van der Waals surface area contributed by atoms with Crippen molar-refractivity contribution in [1.82, 2.24) is 0 Å². The molecule has 1 aromatic carbocycles. The molecule has 0 aliphatic carbocycles. The van der Waals surface area contributed by atoms with Gasteiger partial charge in [0.2, 0.25) is 0 Å². The third-order valence-electron chi connectivity index (χ3n) is 2.87. The van der Waals surface area contributed by atoms with E-state index in [9.17, 15) is 0 Å². The van der Waals surface area contributed by atoms with Crippen LogP contribution in [-0.2, 0) is 6.42 Å². The fourth-order valence-corrected chi connectivity index (χ4v) is 2.75. The Morgan fingerprint density at radius 1 is 1.33 bits per heavy atom. The first-order chi connectivity index (χ1) is 8.43. The zero-order valence-corrected chi connectivity index (χ0v) is 13.4. The van der Waals surface area contributed by atoms with Crippen LogP contribution in [0.4, 0.5) is 0 Å². The maximum absolute atomic E-state index is 6.10. The van der Waals surface area contributed by atoms with Crippen LogP contribution >= 0.6 is 15.9 Å². The predicted octanol–water partition coefficient (Wildman–Crippen LogP) is 4.21. The Balaban J connectivity index is 2.99. The third-order valence-corrected chi connectivity index (χ3v) is 3.33. The van der Waals surface area contributed by atoms with Crippen LogP contribution < -0.4 is 10.5 Å². The predicted molar refractivity (Wildman–Crippen MR) is 81.2 cm³/mol. The van der Waals surface area contributed by atoms with E-state index in [0.29, 0.717) is 0 Å². The molecular formula is C15H24BrNO. The second-order valence-corrected chi connectivity index (χ2v) is 6.03. The smallest absolute Gasteiger partial charge is 0.125 e. The summed E-state index contributed by atoms with van der Waals surface area (Å²) in [7, 11) is 0. The second-order valence-electron chi connectivity index (χ2n) is 5.11. The minimum atomic E-state index is 0.141. The third kappa shape index (κ3) is 4.62. The molecular weight excluding hydrogens is 290 g/mol. The number of ether oxygens (including phenoxy) is 1. The first-order valence-corrected chi connectivity index (χ1v) is 7.44. The fourth-order valence-electron chi connectivity index (χ4n) is 2.13. The van der Waals surface area contributed by atoms with E-state index in [1.54, 1.807) is 0 Å². The lowest BCUT2D eigenvalue weighted by Gasteiger charge is -2.20. The van der Waals surface area contributed by atoms with E-state index in [4.69, 9.17) is 10.5 Å². The first kappa shape index (κ1) is 15.5. The van der Waals surface area contributed by atoms with Crippen molar-refractivity contribution >= 4 is 15.9 Å². The highest BCUT2D eigenvalue weighted by molar-refractivity contribution is 9.10. The number of halogens is 1. The summed E-state index contributed by atoms with van der Waals surface area (Å²) in [6.07, 6.45) is 3.31. The molecule has 0 amide bonds. The lowest BCUT2D eigenvalue weighted by Crippen LogP contribution is -2.20. The van der Waals surface area contributed by atoms with Gasteiger partial charge in [0, 0.05) is 10.5 Å². The number of hydrogen-bond donors (Lipinski definition) is 1. The van der Waals surface area contributed by atoms with Gasteiger partial charge in [0.05, 0.1) is 6.10 Å². The van der Waals surface area contributed by atoms with Crippen molar-refractivity contribution in [2.24, 2.45) is 5.73 Å². The summed E-state index contributed by atoms with van der Waals surface area (Å²) in [5.74, 6) is 1.01. The van der Waals surface area contributed by atoms with Gasteiger partial charge in [-0.15, -0.1) is 0 Å². The van der Waals surface area contributed by atoms with Gasteiger partial charge in [0.1, 0.15) is 5.75 Å². The van der Waals surface area contributed by atoms with Crippen molar-refractivity contribution in [2.45, 2.75) is 59.1 Å². The quantitative estimate of drug-likeness (QED) is 0.853. The van der Waals surface area contributed by atoms with E-state index in [2.05, 4.69) is 48.8 Å². The van der Waals surface area contributed by atoms with Crippen LogP contribution in [0.15, 0.2) is 16.6 Å². The largest absolute Gasteiger partial charge is 0.490 e. The van der Waals surface area contributed by atoms with Gasteiger partial charge in [-0.3, -0.25) is 0 Å². The highest BCUT2D eigenvalue weighted by Crippen LogP contribution is 2.30. The van der Waals surface area contributed by atoms with Gasteiger partial charge in [-0.1, -0.05) is 29.3 Å². The zero-order chi connectivity index (χ0) is 13.7. The van der Waals surface area contributed by atoms with Crippen molar-refractivity contribution in [1.29, 1.82) is 0 Å². The van der Waals surface area contributed by atoms with Gasteiger partial charge in [0.15, 0.2) is 0 Å². The Morgan fingerprint density at radius 3 is 2.56 bits per heavy atom. The van der Waals surface area contributed by atoms with Crippen molar-refractivity contribution in [3.8, 4) is 5.75 Å².